The molecule has 8 heteroatoms. The first-order valence-corrected chi connectivity index (χ1v) is 8.39. The van der Waals surface area contributed by atoms with Gasteiger partial charge in [-0.15, -0.1) is 0 Å². The van der Waals surface area contributed by atoms with Gasteiger partial charge in [-0.25, -0.2) is 9.78 Å². The summed E-state index contributed by atoms with van der Waals surface area (Å²) >= 11 is 0. The lowest BCUT2D eigenvalue weighted by atomic mass is 10.1. The fraction of sp³-hybridized carbons (Fsp3) is 0.333. The summed E-state index contributed by atoms with van der Waals surface area (Å²) in [6.07, 6.45) is 4.19. The van der Waals surface area contributed by atoms with E-state index in [1.165, 1.54) is 38.2 Å². The van der Waals surface area contributed by atoms with Gasteiger partial charge in [0.05, 0.1) is 17.6 Å². The van der Waals surface area contributed by atoms with Gasteiger partial charge in [-0.05, 0) is 30.5 Å². The maximum absolute atomic E-state index is 11.9. The highest BCUT2D eigenvalue weighted by atomic mass is 16.6. The normalized spacial score (nSPS) is 13.5. The summed E-state index contributed by atoms with van der Waals surface area (Å²) in [6.45, 7) is 2.51. The fourth-order valence-electron chi connectivity index (χ4n) is 2.93. The average Bonchev–Trinajstić information content (AvgIpc) is 3.20. The Morgan fingerprint density at radius 2 is 2.08 bits per heavy atom. The van der Waals surface area contributed by atoms with Crippen molar-refractivity contribution >= 4 is 23.2 Å². The van der Waals surface area contributed by atoms with E-state index in [4.69, 9.17) is 4.74 Å². The third-order valence-electron chi connectivity index (χ3n) is 4.34. The Morgan fingerprint density at radius 1 is 1.31 bits per heavy atom. The number of benzene rings is 1. The van der Waals surface area contributed by atoms with E-state index < -0.39 is 10.9 Å². The molecule has 1 saturated heterocycles. The van der Waals surface area contributed by atoms with Crippen molar-refractivity contribution in [2.75, 3.05) is 30.4 Å². The van der Waals surface area contributed by atoms with E-state index in [9.17, 15) is 14.9 Å². The molecule has 26 heavy (non-hydrogen) atoms. The zero-order valence-electron chi connectivity index (χ0n) is 14.5. The SMILES string of the molecule is COC(=O)c1cc([N+](=O)[O-])ccc1NCc1ccc(N2CCCC2)nc1. The van der Waals surface area contributed by atoms with Crippen molar-refractivity contribution in [1.29, 1.82) is 0 Å². The molecular formula is C18H20N4O4. The highest BCUT2D eigenvalue weighted by Gasteiger charge is 2.17. The van der Waals surface area contributed by atoms with Gasteiger partial charge in [0.15, 0.2) is 0 Å². The Labute approximate surface area is 150 Å². The van der Waals surface area contributed by atoms with Crippen LogP contribution in [0.25, 0.3) is 0 Å². The molecule has 0 bridgehead atoms. The summed E-state index contributed by atoms with van der Waals surface area (Å²) in [5.41, 5.74) is 1.39. The van der Waals surface area contributed by atoms with Crippen LogP contribution >= 0.6 is 0 Å². The van der Waals surface area contributed by atoms with Gasteiger partial charge in [0.1, 0.15) is 5.82 Å². The van der Waals surface area contributed by atoms with E-state index in [0.717, 1.165) is 24.5 Å². The Balaban J connectivity index is 1.72. The van der Waals surface area contributed by atoms with Crippen LogP contribution in [0.5, 0.6) is 0 Å². The fourth-order valence-corrected chi connectivity index (χ4v) is 2.93. The van der Waals surface area contributed by atoms with E-state index in [2.05, 4.69) is 15.2 Å². The summed E-state index contributed by atoms with van der Waals surface area (Å²) in [4.78, 5) is 29.0. The Bertz CT molecular complexity index is 801. The second-order valence-corrected chi connectivity index (χ2v) is 6.05. The quantitative estimate of drug-likeness (QED) is 0.483. The third-order valence-corrected chi connectivity index (χ3v) is 4.34. The van der Waals surface area contributed by atoms with E-state index in [1.807, 2.05) is 12.1 Å². The molecule has 1 aromatic heterocycles. The number of nitro benzene ring substituents is 1. The lowest BCUT2D eigenvalue weighted by Gasteiger charge is -2.16. The first-order valence-electron chi connectivity index (χ1n) is 8.39. The predicted molar refractivity (Wildman–Crippen MR) is 97.4 cm³/mol. The number of pyridine rings is 1. The van der Waals surface area contributed by atoms with Crippen molar-refractivity contribution in [2.24, 2.45) is 0 Å². The molecule has 2 aromatic rings. The summed E-state index contributed by atoms with van der Waals surface area (Å²) in [5, 5.41) is 14.0. The number of non-ortho nitro benzene ring substituents is 1. The van der Waals surface area contributed by atoms with E-state index in [0.29, 0.717) is 12.2 Å². The standard InChI is InChI=1S/C18H20N4O4/c1-26-18(23)15-10-14(22(24)25)5-6-16(15)19-11-13-4-7-17(20-12-13)21-8-2-3-9-21/h4-7,10,12,19H,2-3,8-9,11H2,1H3. The topological polar surface area (TPSA) is 97.6 Å². The molecule has 0 amide bonds. The molecule has 0 radical (unpaired) electrons. The van der Waals surface area contributed by atoms with Gasteiger partial charge in [0.2, 0.25) is 0 Å². The molecule has 1 aromatic carbocycles. The highest BCUT2D eigenvalue weighted by molar-refractivity contribution is 5.96. The van der Waals surface area contributed by atoms with Crippen LogP contribution < -0.4 is 10.2 Å². The number of aromatic nitrogens is 1. The number of carbonyl (C=O) groups is 1. The van der Waals surface area contributed by atoms with Crippen LogP contribution in [0.15, 0.2) is 36.5 Å². The van der Waals surface area contributed by atoms with Gasteiger partial charge < -0.3 is 15.0 Å². The van der Waals surface area contributed by atoms with Crippen LogP contribution in [0, 0.1) is 10.1 Å². The van der Waals surface area contributed by atoms with Gasteiger partial charge in [-0.1, -0.05) is 6.07 Å². The van der Waals surface area contributed by atoms with Gasteiger partial charge >= 0.3 is 5.97 Å². The Hall–Kier alpha value is -3.16. The minimum atomic E-state index is -0.626. The van der Waals surface area contributed by atoms with Gasteiger partial charge in [-0.3, -0.25) is 10.1 Å². The molecule has 1 N–H and O–H groups in total. The van der Waals surface area contributed by atoms with Crippen molar-refractivity contribution < 1.29 is 14.5 Å². The van der Waals surface area contributed by atoms with Crippen LogP contribution in [-0.2, 0) is 11.3 Å². The molecule has 0 spiro atoms. The molecule has 2 heterocycles. The maximum atomic E-state index is 11.9. The molecule has 8 nitrogen and oxygen atoms in total. The molecule has 0 saturated carbocycles. The molecule has 0 atom stereocenters. The van der Waals surface area contributed by atoms with E-state index in [1.54, 1.807) is 6.20 Å². The molecular weight excluding hydrogens is 336 g/mol. The monoisotopic (exact) mass is 356 g/mol. The zero-order chi connectivity index (χ0) is 18.5. The molecule has 0 unspecified atom stereocenters. The number of esters is 1. The largest absolute Gasteiger partial charge is 0.465 e. The van der Waals surface area contributed by atoms with Crippen LogP contribution in [0.4, 0.5) is 17.2 Å². The number of hydrogen-bond donors (Lipinski definition) is 1. The summed E-state index contributed by atoms with van der Waals surface area (Å²) in [7, 11) is 1.24. The minimum absolute atomic E-state index is 0.128. The lowest BCUT2D eigenvalue weighted by molar-refractivity contribution is -0.384. The van der Waals surface area contributed by atoms with Gasteiger partial charge in [0.25, 0.3) is 5.69 Å². The number of carbonyl (C=O) groups excluding carboxylic acids is 1. The van der Waals surface area contributed by atoms with Crippen LogP contribution in [0.2, 0.25) is 0 Å². The number of rotatable bonds is 6. The molecule has 1 fully saturated rings. The van der Waals surface area contributed by atoms with Crippen molar-refractivity contribution in [2.45, 2.75) is 19.4 Å². The summed E-state index contributed by atoms with van der Waals surface area (Å²) in [5.74, 6) is 0.343. The Morgan fingerprint density at radius 3 is 2.69 bits per heavy atom. The number of anilines is 2. The summed E-state index contributed by atoms with van der Waals surface area (Å²) < 4.78 is 4.72. The van der Waals surface area contributed by atoms with Crippen LogP contribution in [0.1, 0.15) is 28.8 Å². The van der Waals surface area contributed by atoms with Crippen molar-refractivity contribution in [3.63, 3.8) is 0 Å². The first kappa shape index (κ1) is 17.7. The third kappa shape index (κ3) is 3.90. The molecule has 0 aliphatic carbocycles. The van der Waals surface area contributed by atoms with Crippen LogP contribution in [0.3, 0.4) is 0 Å². The molecule has 1 aliphatic heterocycles. The number of ether oxygens (including phenoxy) is 1. The van der Waals surface area contributed by atoms with Gasteiger partial charge in [0, 0.05) is 43.7 Å². The van der Waals surface area contributed by atoms with Crippen molar-refractivity contribution in [1.82, 2.24) is 4.98 Å². The van der Waals surface area contributed by atoms with Crippen LogP contribution in [-0.4, -0.2) is 36.1 Å². The lowest BCUT2D eigenvalue weighted by Crippen LogP contribution is -2.18. The van der Waals surface area contributed by atoms with Crippen molar-refractivity contribution in [3.05, 3.63) is 57.8 Å². The van der Waals surface area contributed by atoms with E-state index >= 15 is 0 Å². The highest BCUT2D eigenvalue weighted by Crippen LogP contribution is 2.24. The molecule has 3 rings (SSSR count). The first-order chi connectivity index (χ1) is 12.6. The average molecular weight is 356 g/mol. The van der Waals surface area contributed by atoms with Gasteiger partial charge in [-0.2, -0.15) is 0 Å². The number of nitrogens with zero attached hydrogens (tertiary/aromatic N) is 3. The van der Waals surface area contributed by atoms with E-state index in [-0.39, 0.29) is 11.3 Å². The predicted octanol–water partition coefficient (Wildman–Crippen LogP) is 2.99. The maximum Gasteiger partial charge on any atom is 0.340 e. The number of methoxy groups -OCH3 is 1. The zero-order valence-corrected chi connectivity index (χ0v) is 14.5. The van der Waals surface area contributed by atoms with Crippen molar-refractivity contribution in [3.8, 4) is 0 Å². The summed E-state index contributed by atoms with van der Waals surface area (Å²) in [6, 6.07) is 8.04. The Kier molecular flexibility index (Phi) is 5.31. The smallest absolute Gasteiger partial charge is 0.340 e. The number of nitrogens with one attached hydrogen (secondary N) is 1. The number of nitro groups is 1. The second-order valence-electron chi connectivity index (χ2n) is 6.05. The molecule has 1 aliphatic rings. The number of hydrogen-bond acceptors (Lipinski definition) is 7. The molecule has 136 valence electrons. The second kappa shape index (κ2) is 7.81. The minimum Gasteiger partial charge on any atom is -0.465 e.